The maximum absolute atomic E-state index is 11.9. The Kier molecular flexibility index (Phi) is 4.64. The number of phenols is 1. The van der Waals surface area contributed by atoms with E-state index < -0.39 is 5.63 Å². The molecule has 3 rings (SSSR count). The number of rotatable bonds is 5. The highest BCUT2D eigenvalue weighted by molar-refractivity contribution is 5.88. The second kappa shape index (κ2) is 6.86. The van der Waals surface area contributed by atoms with Crippen LogP contribution in [0.5, 0.6) is 5.75 Å². The molecule has 0 bridgehead atoms. The molecule has 0 radical (unpaired) electrons. The standard InChI is InChI=1S/C19H19NO4/c1-20(7-8-21)12-14-9-19(23)24-18-11-15(17(22)10-16(14)18)13-5-3-2-4-6-13/h2-6,9-11,21-22H,7-8,12H2,1H3/p+1. The Morgan fingerprint density at radius 3 is 2.58 bits per heavy atom. The second-order valence-corrected chi connectivity index (χ2v) is 5.93. The summed E-state index contributed by atoms with van der Waals surface area (Å²) < 4.78 is 5.34. The molecule has 0 spiro atoms. The molecule has 0 saturated heterocycles. The topological polar surface area (TPSA) is 75.1 Å². The van der Waals surface area contributed by atoms with Crippen LogP contribution in [-0.2, 0) is 6.54 Å². The Bertz CT molecular complexity index is 902. The van der Waals surface area contributed by atoms with Gasteiger partial charge < -0.3 is 19.5 Å². The Balaban J connectivity index is 2.13. The van der Waals surface area contributed by atoms with Crippen LogP contribution in [0.3, 0.4) is 0 Å². The smallest absolute Gasteiger partial charge is 0.336 e. The van der Waals surface area contributed by atoms with E-state index in [1.807, 2.05) is 37.4 Å². The Morgan fingerprint density at radius 2 is 1.88 bits per heavy atom. The van der Waals surface area contributed by atoms with Crippen LogP contribution >= 0.6 is 0 Å². The van der Waals surface area contributed by atoms with Crippen molar-refractivity contribution in [1.29, 1.82) is 0 Å². The predicted octanol–water partition coefficient (Wildman–Crippen LogP) is 1.17. The van der Waals surface area contributed by atoms with Crippen LogP contribution in [0, 0.1) is 0 Å². The zero-order chi connectivity index (χ0) is 17.1. The average Bonchev–Trinajstić information content (AvgIpc) is 2.56. The largest absolute Gasteiger partial charge is 0.507 e. The number of fused-ring (bicyclic) bond motifs is 1. The lowest BCUT2D eigenvalue weighted by Gasteiger charge is -2.14. The van der Waals surface area contributed by atoms with Crippen molar-refractivity contribution in [2.75, 3.05) is 20.2 Å². The van der Waals surface area contributed by atoms with E-state index >= 15 is 0 Å². The molecule has 24 heavy (non-hydrogen) atoms. The van der Waals surface area contributed by atoms with Crippen molar-refractivity contribution in [3.63, 3.8) is 0 Å². The van der Waals surface area contributed by atoms with Crippen molar-refractivity contribution in [2.24, 2.45) is 0 Å². The Hall–Kier alpha value is -2.63. The molecule has 0 aliphatic heterocycles. The summed E-state index contributed by atoms with van der Waals surface area (Å²) >= 11 is 0. The summed E-state index contributed by atoms with van der Waals surface area (Å²) in [6.45, 7) is 1.22. The van der Waals surface area contributed by atoms with Crippen molar-refractivity contribution < 1.29 is 19.5 Å². The van der Waals surface area contributed by atoms with E-state index in [0.29, 0.717) is 29.6 Å². The molecule has 124 valence electrons. The third kappa shape index (κ3) is 3.32. The minimum atomic E-state index is -0.418. The molecule has 3 aromatic rings. The van der Waals surface area contributed by atoms with Gasteiger partial charge in [0.1, 0.15) is 24.4 Å². The van der Waals surface area contributed by atoms with Gasteiger partial charge in [-0.1, -0.05) is 30.3 Å². The molecule has 0 aliphatic rings. The molecule has 1 heterocycles. The van der Waals surface area contributed by atoms with Crippen molar-refractivity contribution in [1.82, 2.24) is 0 Å². The fourth-order valence-corrected chi connectivity index (χ4v) is 2.86. The molecule has 1 aromatic heterocycles. The highest BCUT2D eigenvalue weighted by Crippen LogP contribution is 2.33. The van der Waals surface area contributed by atoms with Crippen LogP contribution in [0.1, 0.15) is 5.56 Å². The quantitative estimate of drug-likeness (QED) is 0.615. The number of phenolic OH excluding ortho intramolecular Hbond substituents is 1. The van der Waals surface area contributed by atoms with Gasteiger partial charge in [-0.15, -0.1) is 0 Å². The Morgan fingerprint density at radius 1 is 1.12 bits per heavy atom. The van der Waals surface area contributed by atoms with Crippen molar-refractivity contribution in [3.8, 4) is 16.9 Å². The lowest BCUT2D eigenvalue weighted by Crippen LogP contribution is -3.08. The molecule has 0 aliphatic carbocycles. The van der Waals surface area contributed by atoms with Crippen LogP contribution in [0.2, 0.25) is 0 Å². The molecular weight excluding hydrogens is 306 g/mol. The van der Waals surface area contributed by atoms with Crippen molar-refractivity contribution in [3.05, 3.63) is 64.5 Å². The minimum absolute atomic E-state index is 0.0780. The van der Waals surface area contributed by atoms with Crippen LogP contribution in [0.25, 0.3) is 22.1 Å². The summed E-state index contributed by atoms with van der Waals surface area (Å²) in [5, 5.41) is 20.2. The molecule has 0 saturated carbocycles. The van der Waals surface area contributed by atoms with Gasteiger partial charge in [0.15, 0.2) is 0 Å². The van der Waals surface area contributed by atoms with Gasteiger partial charge in [0.05, 0.1) is 13.7 Å². The van der Waals surface area contributed by atoms with E-state index in [1.165, 1.54) is 6.07 Å². The minimum Gasteiger partial charge on any atom is -0.507 e. The number of aliphatic hydroxyl groups is 1. The molecule has 0 fully saturated rings. The van der Waals surface area contributed by atoms with E-state index in [9.17, 15) is 9.90 Å². The van der Waals surface area contributed by atoms with Gasteiger partial charge in [0.2, 0.25) is 0 Å². The number of hydrogen-bond acceptors (Lipinski definition) is 4. The maximum atomic E-state index is 11.9. The lowest BCUT2D eigenvalue weighted by atomic mass is 10.0. The van der Waals surface area contributed by atoms with Gasteiger partial charge in [0, 0.05) is 22.6 Å². The molecule has 1 unspecified atom stereocenters. The number of nitrogens with one attached hydrogen (secondary N) is 1. The van der Waals surface area contributed by atoms with E-state index in [1.54, 1.807) is 12.1 Å². The fourth-order valence-electron chi connectivity index (χ4n) is 2.86. The van der Waals surface area contributed by atoms with E-state index in [2.05, 4.69) is 0 Å². The van der Waals surface area contributed by atoms with Crippen LogP contribution < -0.4 is 10.5 Å². The fraction of sp³-hybridized carbons (Fsp3) is 0.211. The number of hydrogen-bond donors (Lipinski definition) is 3. The predicted molar refractivity (Wildman–Crippen MR) is 92.1 cm³/mol. The summed E-state index contributed by atoms with van der Waals surface area (Å²) in [4.78, 5) is 13.0. The Labute approximate surface area is 139 Å². The zero-order valence-corrected chi connectivity index (χ0v) is 13.5. The highest BCUT2D eigenvalue weighted by Gasteiger charge is 2.14. The van der Waals surface area contributed by atoms with Crippen LogP contribution in [0.4, 0.5) is 0 Å². The molecule has 5 nitrogen and oxygen atoms in total. The van der Waals surface area contributed by atoms with Gasteiger partial charge in [-0.3, -0.25) is 0 Å². The van der Waals surface area contributed by atoms with Gasteiger partial charge in [-0.2, -0.15) is 0 Å². The lowest BCUT2D eigenvalue weighted by molar-refractivity contribution is -0.893. The van der Waals surface area contributed by atoms with Gasteiger partial charge in [-0.05, 0) is 17.7 Å². The van der Waals surface area contributed by atoms with Crippen LogP contribution in [0.15, 0.2) is 57.7 Å². The SMILES string of the molecule is C[NH+](CCO)Cc1cc(=O)oc2cc(-c3ccccc3)c(O)cc12. The summed E-state index contributed by atoms with van der Waals surface area (Å²) in [7, 11) is 1.94. The monoisotopic (exact) mass is 326 g/mol. The number of aliphatic hydroxyl groups excluding tert-OH is 1. The van der Waals surface area contributed by atoms with Crippen molar-refractivity contribution in [2.45, 2.75) is 6.54 Å². The van der Waals surface area contributed by atoms with Gasteiger partial charge in [-0.25, -0.2) is 4.79 Å². The van der Waals surface area contributed by atoms with E-state index in [4.69, 9.17) is 9.52 Å². The average molecular weight is 326 g/mol. The molecular formula is C19H20NO4+. The normalized spacial score (nSPS) is 12.4. The molecule has 1 atom stereocenters. The van der Waals surface area contributed by atoms with E-state index in [-0.39, 0.29) is 12.4 Å². The number of quaternary nitrogens is 1. The summed E-state index contributed by atoms with van der Waals surface area (Å²) in [5.74, 6) is 0.142. The first-order valence-corrected chi connectivity index (χ1v) is 7.86. The highest BCUT2D eigenvalue weighted by atomic mass is 16.4. The third-order valence-electron chi connectivity index (χ3n) is 4.06. The molecule has 2 aromatic carbocycles. The summed E-state index contributed by atoms with van der Waals surface area (Å²) in [6, 6.07) is 14.3. The molecule has 3 N–H and O–H groups in total. The number of benzene rings is 2. The summed E-state index contributed by atoms with van der Waals surface area (Å²) in [5.41, 5.74) is 2.31. The first-order valence-electron chi connectivity index (χ1n) is 7.86. The molecule has 0 amide bonds. The second-order valence-electron chi connectivity index (χ2n) is 5.93. The number of aromatic hydroxyl groups is 1. The van der Waals surface area contributed by atoms with E-state index in [0.717, 1.165) is 16.0 Å². The maximum Gasteiger partial charge on any atom is 0.336 e. The molecule has 5 heteroatoms. The first-order chi connectivity index (χ1) is 11.6. The zero-order valence-electron chi connectivity index (χ0n) is 13.5. The van der Waals surface area contributed by atoms with Gasteiger partial charge in [0.25, 0.3) is 0 Å². The number of likely N-dealkylation sites (N-methyl/N-ethyl adjacent to an activating group) is 1. The van der Waals surface area contributed by atoms with Crippen LogP contribution in [-0.4, -0.2) is 30.4 Å². The van der Waals surface area contributed by atoms with Gasteiger partial charge >= 0.3 is 5.63 Å². The summed E-state index contributed by atoms with van der Waals surface area (Å²) in [6.07, 6.45) is 0. The van der Waals surface area contributed by atoms with Crippen molar-refractivity contribution >= 4 is 11.0 Å². The first kappa shape index (κ1) is 16.2. The third-order valence-corrected chi connectivity index (χ3v) is 4.06.